The SMILES string of the molecule is c1ccc(-c2c(-c3ccccc3)n(-c3ccc4ccccc4c3)c3c2ccc2c3ccc3c(-c4ccccc4)c(-c4ccccc4)n(-c4ccc5ccccc5c4)c32)cc1. The molecule has 2 heterocycles. The van der Waals surface area contributed by atoms with Crippen LogP contribution in [0.4, 0.5) is 0 Å². The van der Waals surface area contributed by atoms with E-state index in [-0.39, 0.29) is 0 Å². The maximum absolute atomic E-state index is 2.53. The number of hydrogen-bond donors (Lipinski definition) is 0. The minimum Gasteiger partial charge on any atom is -0.308 e. The van der Waals surface area contributed by atoms with E-state index in [0.29, 0.717) is 0 Å². The Hall–Kier alpha value is -7.94. The van der Waals surface area contributed by atoms with E-state index in [1.807, 2.05) is 0 Å². The average molecular weight is 763 g/mol. The molecule has 60 heavy (non-hydrogen) atoms. The lowest BCUT2D eigenvalue weighted by Crippen LogP contribution is -1.99. The Balaban J connectivity index is 1.30. The Morgan fingerprint density at radius 1 is 0.233 bits per heavy atom. The molecule has 0 amide bonds. The van der Waals surface area contributed by atoms with Crippen LogP contribution < -0.4 is 0 Å². The summed E-state index contributed by atoms with van der Waals surface area (Å²) in [6, 6.07) is 84.4. The van der Waals surface area contributed by atoms with Crippen LogP contribution in [0.5, 0.6) is 0 Å². The molecule has 0 aliphatic rings. The highest BCUT2D eigenvalue weighted by Crippen LogP contribution is 2.49. The van der Waals surface area contributed by atoms with Crippen molar-refractivity contribution in [2.75, 3.05) is 0 Å². The van der Waals surface area contributed by atoms with Crippen molar-refractivity contribution in [3.05, 3.63) is 231 Å². The molecular weight excluding hydrogens is 725 g/mol. The van der Waals surface area contributed by atoms with Gasteiger partial charge in [-0.25, -0.2) is 0 Å². The van der Waals surface area contributed by atoms with Crippen molar-refractivity contribution >= 4 is 54.1 Å². The number of fused-ring (bicyclic) bond motifs is 7. The van der Waals surface area contributed by atoms with Crippen molar-refractivity contribution in [1.82, 2.24) is 9.13 Å². The van der Waals surface area contributed by atoms with Crippen molar-refractivity contribution in [1.29, 1.82) is 0 Å². The number of aromatic nitrogens is 2. The third-order valence-corrected chi connectivity index (χ3v) is 12.3. The van der Waals surface area contributed by atoms with Gasteiger partial charge in [-0.2, -0.15) is 0 Å². The summed E-state index contributed by atoms with van der Waals surface area (Å²) in [6.07, 6.45) is 0. The minimum absolute atomic E-state index is 1.13. The minimum atomic E-state index is 1.13. The summed E-state index contributed by atoms with van der Waals surface area (Å²) < 4.78 is 5.07. The van der Waals surface area contributed by atoms with E-state index in [9.17, 15) is 0 Å². The van der Waals surface area contributed by atoms with Crippen molar-refractivity contribution in [3.8, 4) is 56.1 Å². The van der Waals surface area contributed by atoms with E-state index < -0.39 is 0 Å². The van der Waals surface area contributed by atoms with Crippen molar-refractivity contribution in [2.24, 2.45) is 0 Å². The second-order valence-electron chi connectivity index (χ2n) is 15.7. The van der Waals surface area contributed by atoms with Crippen LogP contribution in [0.3, 0.4) is 0 Å². The molecule has 0 aliphatic carbocycles. The first-order chi connectivity index (χ1) is 29.8. The topological polar surface area (TPSA) is 9.86 Å². The number of hydrogen-bond acceptors (Lipinski definition) is 0. The van der Waals surface area contributed by atoms with Gasteiger partial charge >= 0.3 is 0 Å². The molecule has 0 unspecified atom stereocenters. The molecule has 2 aromatic heterocycles. The standard InChI is InChI=1S/C58H38N2/c1-5-19-41(20-6-1)53-51-35-33-50-49(57(51)59(55(53)43-23-9-3-10-24-43)47-31-29-39-17-13-15-27-45(39)37-47)34-36-52-54(42-21-7-2-8-22-42)56(44-25-11-4-12-26-44)60(58(50)52)48-32-30-40-18-14-16-28-46(40)38-48/h1-38H. The molecule has 0 N–H and O–H groups in total. The van der Waals surface area contributed by atoms with Crippen molar-refractivity contribution in [2.45, 2.75) is 0 Å². The van der Waals surface area contributed by atoms with Gasteiger partial charge in [-0.1, -0.05) is 206 Å². The van der Waals surface area contributed by atoms with Crippen LogP contribution in [0.25, 0.3) is 110 Å². The summed E-state index contributed by atoms with van der Waals surface area (Å²) in [7, 11) is 0. The molecule has 0 saturated heterocycles. The first-order valence-corrected chi connectivity index (χ1v) is 20.7. The van der Waals surface area contributed by atoms with E-state index in [1.165, 1.54) is 98.9 Å². The lowest BCUT2D eigenvalue weighted by molar-refractivity contribution is 1.14. The molecule has 12 aromatic rings. The molecular formula is C58H38N2. The zero-order valence-electron chi connectivity index (χ0n) is 32.8. The predicted octanol–water partition coefficient (Wildman–Crippen LogP) is 15.7. The first kappa shape index (κ1) is 34.1. The summed E-state index contributed by atoms with van der Waals surface area (Å²) in [5, 5.41) is 9.71. The second-order valence-corrected chi connectivity index (χ2v) is 15.7. The van der Waals surface area contributed by atoms with Crippen LogP contribution in [0.15, 0.2) is 231 Å². The van der Waals surface area contributed by atoms with Gasteiger partial charge in [0.15, 0.2) is 0 Å². The normalized spacial score (nSPS) is 11.7. The van der Waals surface area contributed by atoms with Crippen LogP contribution in [-0.4, -0.2) is 9.13 Å². The van der Waals surface area contributed by atoms with E-state index in [0.717, 1.165) is 11.4 Å². The van der Waals surface area contributed by atoms with Gasteiger partial charge in [-0.05, 0) is 68.1 Å². The Bertz CT molecular complexity index is 3320. The molecule has 0 fully saturated rings. The van der Waals surface area contributed by atoms with Crippen molar-refractivity contribution < 1.29 is 0 Å². The number of benzene rings is 10. The van der Waals surface area contributed by atoms with Crippen LogP contribution in [0.2, 0.25) is 0 Å². The fraction of sp³-hybridized carbons (Fsp3) is 0. The van der Waals surface area contributed by atoms with E-state index in [1.54, 1.807) is 0 Å². The van der Waals surface area contributed by atoms with Crippen LogP contribution in [-0.2, 0) is 0 Å². The summed E-state index contributed by atoms with van der Waals surface area (Å²) in [4.78, 5) is 0. The van der Waals surface area contributed by atoms with Crippen LogP contribution in [0, 0.1) is 0 Å². The van der Waals surface area contributed by atoms with Crippen LogP contribution in [0.1, 0.15) is 0 Å². The Morgan fingerprint density at radius 2 is 0.550 bits per heavy atom. The molecule has 12 rings (SSSR count). The smallest absolute Gasteiger partial charge is 0.0620 e. The Kier molecular flexibility index (Phi) is 7.89. The molecule has 280 valence electrons. The lowest BCUT2D eigenvalue weighted by atomic mass is 9.95. The van der Waals surface area contributed by atoms with Crippen molar-refractivity contribution in [3.63, 3.8) is 0 Å². The number of nitrogens with zero attached hydrogens (tertiary/aromatic N) is 2. The third-order valence-electron chi connectivity index (χ3n) is 12.3. The summed E-state index contributed by atoms with van der Waals surface area (Å²) in [6.45, 7) is 0. The third kappa shape index (κ3) is 5.35. The van der Waals surface area contributed by atoms with Gasteiger partial charge in [-0.3, -0.25) is 0 Å². The molecule has 2 heteroatoms. The summed E-state index contributed by atoms with van der Waals surface area (Å²) >= 11 is 0. The van der Waals surface area contributed by atoms with Gasteiger partial charge in [0, 0.05) is 44.0 Å². The van der Waals surface area contributed by atoms with E-state index >= 15 is 0 Å². The summed E-state index contributed by atoms with van der Waals surface area (Å²) in [5.41, 5.74) is 14.2. The largest absolute Gasteiger partial charge is 0.308 e. The fourth-order valence-electron chi connectivity index (χ4n) is 9.64. The van der Waals surface area contributed by atoms with Gasteiger partial charge in [0.05, 0.1) is 22.4 Å². The Labute approximate surface area is 348 Å². The summed E-state index contributed by atoms with van der Waals surface area (Å²) in [5.74, 6) is 0. The molecule has 10 aromatic carbocycles. The molecule has 0 radical (unpaired) electrons. The van der Waals surface area contributed by atoms with Crippen LogP contribution >= 0.6 is 0 Å². The quantitative estimate of drug-likeness (QED) is 0.160. The van der Waals surface area contributed by atoms with Gasteiger partial charge < -0.3 is 9.13 Å². The second kappa shape index (κ2) is 13.9. The highest BCUT2D eigenvalue weighted by Gasteiger charge is 2.27. The van der Waals surface area contributed by atoms with Gasteiger partial charge in [0.25, 0.3) is 0 Å². The molecule has 0 bridgehead atoms. The predicted molar refractivity (Wildman–Crippen MR) is 254 cm³/mol. The zero-order chi connectivity index (χ0) is 39.6. The lowest BCUT2D eigenvalue weighted by Gasteiger charge is -2.16. The highest BCUT2D eigenvalue weighted by molar-refractivity contribution is 6.24. The monoisotopic (exact) mass is 762 g/mol. The number of rotatable bonds is 6. The highest BCUT2D eigenvalue weighted by atomic mass is 15.0. The maximum Gasteiger partial charge on any atom is 0.0620 e. The zero-order valence-corrected chi connectivity index (χ0v) is 32.8. The molecule has 0 aliphatic heterocycles. The molecule has 0 saturated carbocycles. The molecule has 0 atom stereocenters. The van der Waals surface area contributed by atoms with Gasteiger partial charge in [0.2, 0.25) is 0 Å². The average Bonchev–Trinajstić information content (AvgIpc) is 3.87. The molecule has 0 spiro atoms. The fourth-order valence-corrected chi connectivity index (χ4v) is 9.64. The van der Waals surface area contributed by atoms with E-state index in [2.05, 4.69) is 240 Å². The molecule has 2 nitrogen and oxygen atoms in total. The maximum atomic E-state index is 2.53. The first-order valence-electron chi connectivity index (χ1n) is 20.7. The Morgan fingerprint density at radius 3 is 0.933 bits per heavy atom. The van der Waals surface area contributed by atoms with Gasteiger partial charge in [0.1, 0.15) is 0 Å². The van der Waals surface area contributed by atoms with Gasteiger partial charge in [-0.15, -0.1) is 0 Å². The van der Waals surface area contributed by atoms with E-state index in [4.69, 9.17) is 0 Å².